The number of hydrogen-bond acceptors (Lipinski definition) is 2. The van der Waals surface area contributed by atoms with E-state index in [1.807, 2.05) is 19.2 Å². The molecule has 0 aliphatic carbocycles. The molecule has 1 N–H and O–H groups in total. The molecule has 1 aromatic heterocycles. The van der Waals surface area contributed by atoms with E-state index in [0.717, 1.165) is 11.3 Å². The summed E-state index contributed by atoms with van der Waals surface area (Å²) in [5, 5.41) is 4.22. The maximum Gasteiger partial charge on any atom is 0.141 e. The first kappa shape index (κ1) is 14.3. The Morgan fingerprint density at radius 3 is 2.68 bits per heavy atom. The normalized spacial score (nSPS) is 12.4. The number of likely N-dealkylation sites (N-methyl/N-ethyl adjacent to an activating group) is 1. The molecule has 0 aliphatic heterocycles. The average molecular weight is 299 g/mol. The summed E-state index contributed by atoms with van der Waals surface area (Å²) < 4.78 is 12.9. The summed E-state index contributed by atoms with van der Waals surface area (Å²) in [5.41, 5.74) is 1.69. The van der Waals surface area contributed by atoms with Gasteiger partial charge in [0.2, 0.25) is 0 Å². The number of halogens is 3. The van der Waals surface area contributed by atoms with Crippen LogP contribution in [0.5, 0.6) is 0 Å². The summed E-state index contributed by atoms with van der Waals surface area (Å²) in [6.07, 6.45) is 1.84. The van der Waals surface area contributed by atoms with Gasteiger partial charge in [0.05, 0.1) is 28.0 Å². The Hall–Kier alpha value is -1.16. The van der Waals surface area contributed by atoms with Gasteiger partial charge < -0.3 is 5.32 Å². The molecule has 0 spiro atoms. The molecule has 2 rings (SSSR count). The van der Waals surface area contributed by atoms with Crippen molar-refractivity contribution in [1.82, 2.24) is 10.3 Å². The topological polar surface area (TPSA) is 24.9 Å². The smallest absolute Gasteiger partial charge is 0.141 e. The second-order valence-corrected chi connectivity index (χ2v) is 4.94. The van der Waals surface area contributed by atoms with Crippen molar-refractivity contribution in [1.29, 1.82) is 0 Å². The van der Waals surface area contributed by atoms with Crippen LogP contribution in [0, 0.1) is 5.82 Å². The first-order valence-electron chi connectivity index (χ1n) is 5.83. The van der Waals surface area contributed by atoms with Gasteiger partial charge in [-0.1, -0.05) is 35.3 Å². The Morgan fingerprint density at radius 2 is 2.05 bits per heavy atom. The summed E-state index contributed by atoms with van der Waals surface area (Å²) in [7, 11) is 1.83. The highest BCUT2D eigenvalue weighted by Gasteiger charge is 2.14. The molecule has 0 amide bonds. The molecule has 0 saturated heterocycles. The molecule has 19 heavy (non-hydrogen) atoms. The zero-order valence-corrected chi connectivity index (χ0v) is 11.8. The van der Waals surface area contributed by atoms with Crippen molar-refractivity contribution < 1.29 is 4.39 Å². The highest BCUT2D eigenvalue weighted by molar-refractivity contribution is 6.42. The second-order valence-electron chi connectivity index (χ2n) is 4.16. The minimum absolute atomic E-state index is 0.0448. The molecule has 1 heterocycles. The van der Waals surface area contributed by atoms with Crippen molar-refractivity contribution in [3.63, 3.8) is 0 Å². The monoisotopic (exact) mass is 298 g/mol. The lowest BCUT2D eigenvalue weighted by Gasteiger charge is -2.16. The van der Waals surface area contributed by atoms with Gasteiger partial charge in [-0.15, -0.1) is 0 Å². The molecule has 0 radical (unpaired) electrons. The minimum Gasteiger partial charge on any atom is -0.311 e. The number of aromatic nitrogens is 1. The Morgan fingerprint density at radius 1 is 1.26 bits per heavy atom. The molecule has 0 saturated carbocycles. The van der Waals surface area contributed by atoms with Gasteiger partial charge in [-0.3, -0.25) is 4.98 Å². The molecule has 0 bridgehead atoms. The van der Waals surface area contributed by atoms with Crippen LogP contribution in [0.4, 0.5) is 4.39 Å². The number of benzene rings is 1. The quantitative estimate of drug-likeness (QED) is 0.922. The van der Waals surface area contributed by atoms with Crippen LogP contribution in [0.2, 0.25) is 10.0 Å². The minimum atomic E-state index is -0.348. The standard InChI is InChI=1S/C14H13Cl2FN2/c1-18-13(12-6-5-10(17)8-19-12)7-9-3-2-4-11(15)14(9)16/h2-6,8,13,18H,7H2,1H3. The number of nitrogens with zero attached hydrogens (tertiary/aromatic N) is 1. The third kappa shape index (κ3) is 3.44. The summed E-state index contributed by atoms with van der Waals surface area (Å²) >= 11 is 12.2. The molecule has 5 heteroatoms. The number of rotatable bonds is 4. The molecule has 0 aliphatic rings. The third-order valence-corrected chi connectivity index (χ3v) is 3.77. The van der Waals surface area contributed by atoms with E-state index in [9.17, 15) is 4.39 Å². The number of nitrogens with one attached hydrogen (secondary N) is 1. The van der Waals surface area contributed by atoms with E-state index in [1.54, 1.807) is 12.1 Å². The molecular weight excluding hydrogens is 286 g/mol. The van der Waals surface area contributed by atoms with Gasteiger partial charge in [-0.05, 0) is 37.2 Å². The maximum absolute atomic E-state index is 12.9. The summed E-state index contributed by atoms with van der Waals surface area (Å²) in [4.78, 5) is 4.08. The van der Waals surface area contributed by atoms with E-state index in [2.05, 4.69) is 10.3 Å². The van der Waals surface area contributed by atoms with Gasteiger partial charge in [0, 0.05) is 0 Å². The van der Waals surface area contributed by atoms with Gasteiger partial charge in [0.1, 0.15) is 5.82 Å². The molecular formula is C14H13Cl2FN2. The summed E-state index contributed by atoms with van der Waals surface area (Å²) in [5.74, 6) is -0.348. The molecule has 0 fully saturated rings. The van der Waals surface area contributed by atoms with Crippen LogP contribution in [0.3, 0.4) is 0 Å². The van der Waals surface area contributed by atoms with Crippen molar-refractivity contribution in [3.05, 3.63) is 63.6 Å². The van der Waals surface area contributed by atoms with E-state index < -0.39 is 0 Å². The molecule has 100 valence electrons. The van der Waals surface area contributed by atoms with E-state index in [0.29, 0.717) is 16.5 Å². The van der Waals surface area contributed by atoms with E-state index in [4.69, 9.17) is 23.2 Å². The lowest BCUT2D eigenvalue weighted by atomic mass is 10.0. The first-order chi connectivity index (χ1) is 9.11. The highest BCUT2D eigenvalue weighted by atomic mass is 35.5. The fourth-order valence-corrected chi connectivity index (χ4v) is 2.27. The molecule has 2 nitrogen and oxygen atoms in total. The zero-order chi connectivity index (χ0) is 13.8. The van der Waals surface area contributed by atoms with Crippen molar-refractivity contribution in [2.45, 2.75) is 12.5 Å². The van der Waals surface area contributed by atoms with Gasteiger partial charge in [0.15, 0.2) is 0 Å². The van der Waals surface area contributed by atoms with Crippen LogP contribution < -0.4 is 5.32 Å². The number of pyridine rings is 1. The predicted molar refractivity (Wildman–Crippen MR) is 76.2 cm³/mol. The van der Waals surface area contributed by atoms with Crippen LogP contribution in [0.25, 0.3) is 0 Å². The van der Waals surface area contributed by atoms with Crippen molar-refractivity contribution in [2.24, 2.45) is 0 Å². The van der Waals surface area contributed by atoms with E-state index in [-0.39, 0.29) is 11.9 Å². The van der Waals surface area contributed by atoms with Crippen LogP contribution in [0.15, 0.2) is 36.5 Å². The SMILES string of the molecule is CNC(Cc1cccc(Cl)c1Cl)c1ccc(F)cn1. The van der Waals surface area contributed by atoms with Crippen molar-refractivity contribution >= 4 is 23.2 Å². The molecule has 1 unspecified atom stereocenters. The van der Waals surface area contributed by atoms with E-state index >= 15 is 0 Å². The largest absolute Gasteiger partial charge is 0.311 e. The highest BCUT2D eigenvalue weighted by Crippen LogP contribution is 2.28. The van der Waals surface area contributed by atoms with Crippen molar-refractivity contribution in [3.8, 4) is 0 Å². The van der Waals surface area contributed by atoms with Gasteiger partial charge >= 0.3 is 0 Å². The van der Waals surface area contributed by atoms with Crippen LogP contribution in [-0.2, 0) is 6.42 Å². The summed E-state index contributed by atoms with van der Waals surface area (Å²) in [6, 6.07) is 8.53. The first-order valence-corrected chi connectivity index (χ1v) is 6.59. The Kier molecular flexibility index (Phi) is 4.75. The predicted octanol–water partition coefficient (Wildman–Crippen LogP) is 4.03. The van der Waals surface area contributed by atoms with Gasteiger partial charge in [-0.25, -0.2) is 4.39 Å². The molecule has 1 atom stereocenters. The van der Waals surface area contributed by atoms with Gasteiger partial charge in [-0.2, -0.15) is 0 Å². The average Bonchev–Trinajstić information content (AvgIpc) is 2.42. The van der Waals surface area contributed by atoms with Crippen LogP contribution in [0.1, 0.15) is 17.3 Å². The lowest BCUT2D eigenvalue weighted by molar-refractivity contribution is 0.565. The molecule has 2 aromatic rings. The van der Waals surface area contributed by atoms with Crippen LogP contribution >= 0.6 is 23.2 Å². The van der Waals surface area contributed by atoms with Crippen LogP contribution in [-0.4, -0.2) is 12.0 Å². The summed E-state index contributed by atoms with van der Waals surface area (Å²) in [6.45, 7) is 0. The Balaban J connectivity index is 2.24. The second kappa shape index (κ2) is 6.33. The van der Waals surface area contributed by atoms with Gasteiger partial charge in [0.25, 0.3) is 0 Å². The lowest BCUT2D eigenvalue weighted by Crippen LogP contribution is -2.20. The number of hydrogen-bond donors (Lipinski definition) is 1. The van der Waals surface area contributed by atoms with Crippen molar-refractivity contribution in [2.75, 3.05) is 7.05 Å². The molecule has 1 aromatic carbocycles. The Bertz CT molecular complexity index is 558. The maximum atomic E-state index is 12.9. The zero-order valence-electron chi connectivity index (χ0n) is 10.3. The third-order valence-electron chi connectivity index (χ3n) is 2.91. The fraction of sp³-hybridized carbons (Fsp3) is 0.214. The Labute approximate surface area is 121 Å². The van der Waals surface area contributed by atoms with E-state index in [1.165, 1.54) is 12.3 Å². The fourth-order valence-electron chi connectivity index (χ4n) is 1.87.